The van der Waals surface area contributed by atoms with Crippen LogP contribution in [0.3, 0.4) is 0 Å². The Morgan fingerprint density at radius 3 is 2.61 bits per heavy atom. The van der Waals surface area contributed by atoms with Gasteiger partial charge in [0.15, 0.2) is 0 Å². The van der Waals surface area contributed by atoms with Crippen molar-refractivity contribution in [1.29, 1.82) is 0 Å². The Morgan fingerprint density at radius 2 is 1.96 bits per heavy atom. The highest BCUT2D eigenvalue weighted by Gasteiger charge is 2.13. The summed E-state index contributed by atoms with van der Waals surface area (Å²) in [6, 6.07) is 11.1. The van der Waals surface area contributed by atoms with Gasteiger partial charge in [-0.3, -0.25) is 0 Å². The zero-order chi connectivity index (χ0) is 16.8. The molecule has 5 heteroatoms. The monoisotopic (exact) mass is 315 g/mol. The summed E-state index contributed by atoms with van der Waals surface area (Å²) < 4.78 is 11.1. The van der Waals surface area contributed by atoms with E-state index in [-0.39, 0.29) is 13.2 Å². The molecule has 0 radical (unpaired) electrons. The SMILES string of the molecule is CNC(=O)Oc1cccc(CO)c1COc1ccc(C)cc1C. The Labute approximate surface area is 135 Å². The van der Waals surface area contributed by atoms with Gasteiger partial charge in [0.25, 0.3) is 0 Å². The molecule has 2 aromatic rings. The first kappa shape index (κ1) is 16.8. The number of hydrogen-bond donors (Lipinski definition) is 2. The average Bonchev–Trinajstić information content (AvgIpc) is 2.54. The summed E-state index contributed by atoms with van der Waals surface area (Å²) in [6.45, 7) is 4.04. The van der Waals surface area contributed by atoms with Crippen molar-refractivity contribution in [1.82, 2.24) is 5.32 Å². The third-order valence-corrected chi connectivity index (χ3v) is 3.51. The van der Waals surface area contributed by atoms with Crippen LogP contribution in [-0.2, 0) is 13.2 Å². The minimum Gasteiger partial charge on any atom is -0.488 e. The van der Waals surface area contributed by atoms with Crippen LogP contribution in [0.15, 0.2) is 36.4 Å². The predicted octanol–water partition coefficient (Wildman–Crippen LogP) is 3.09. The van der Waals surface area contributed by atoms with E-state index in [4.69, 9.17) is 9.47 Å². The van der Waals surface area contributed by atoms with Crippen LogP contribution in [0, 0.1) is 13.8 Å². The molecule has 0 aliphatic carbocycles. The van der Waals surface area contributed by atoms with Crippen molar-refractivity contribution in [2.45, 2.75) is 27.1 Å². The van der Waals surface area contributed by atoms with Crippen molar-refractivity contribution < 1.29 is 19.4 Å². The fourth-order valence-electron chi connectivity index (χ4n) is 2.28. The first-order valence-electron chi connectivity index (χ1n) is 7.36. The van der Waals surface area contributed by atoms with Gasteiger partial charge >= 0.3 is 6.09 Å². The number of aliphatic hydroxyl groups excluding tert-OH is 1. The van der Waals surface area contributed by atoms with E-state index in [1.54, 1.807) is 18.2 Å². The summed E-state index contributed by atoms with van der Waals surface area (Å²) in [5, 5.41) is 11.9. The lowest BCUT2D eigenvalue weighted by molar-refractivity contribution is 0.200. The van der Waals surface area contributed by atoms with Gasteiger partial charge < -0.3 is 19.9 Å². The first-order valence-corrected chi connectivity index (χ1v) is 7.36. The summed E-state index contributed by atoms with van der Waals surface area (Å²) >= 11 is 0. The Balaban J connectivity index is 2.24. The molecule has 122 valence electrons. The van der Waals surface area contributed by atoms with Gasteiger partial charge in [-0.05, 0) is 37.1 Å². The Kier molecular flexibility index (Phi) is 5.60. The van der Waals surface area contributed by atoms with Crippen LogP contribution >= 0.6 is 0 Å². The van der Waals surface area contributed by atoms with Gasteiger partial charge in [-0.25, -0.2) is 4.79 Å². The minimum absolute atomic E-state index is 0.156. The smallest absolute Gasteiger partial charge is 0.412 e. The molecule has 23 heavy (non-hydrogen) atoms. The number of aliphatic hydroxyl groups is 1. The van der Waals surface area contributed by atoms with Crippen molar-refractivity contribution in [3.63, 3.8) is 0 Å². The Bertz CT molecular complexity index is 697. The molecule has 0 heterocycles. The number of ether oxygens (including phenoxy) is 2. The van der Waals surface area contributed by atoms with Crippen LogP contribution in [-0.4, -0.2) is 18.2 Å². The number of aryl methyl sites for hydroxylation is 2. The highest BCUT2D eigenvalue weighted by atomic mass is 16.6. The van der Waals surface area contributed by atoms with E-state index in [2.05, 4.69) is 5.32 Å². The van der Waals surface area contributed by atoms with E-state index in [1.807, 2.05) is 32.0 Å². The lowest BCUT2D eigenvalue weighted by Gasteiger charge is -2.15. The van der Waals surface area contributed by atoms with Crippen LogP contribution in [0.5, 0.6) is 11.5 Å². The van der Waals surface area contributed by atoms with E-state index < -0.39 is 6.09 Å². The fraction of sp³-hybridized carbons (Fsp3) is 0.278. The molecule has 0 spiro atoms. The number of hydrogen-bond acceptors (Lipinski definition) is 4. The van der Waals surface area contributed by atoms with Gasteiger partial charge in [0.1, 0.15) is 18.1 Å². The topological polar surface area (TPSA) is 67.8 Å². The van der Waals surface area contributed by atoms with Gasteiger partial charge in [-0.15, -0.1) is 0 Å². The molecule has 0 atom stereocenters. The standard InChI is InChI=1S/C18H21NO4/c1-12-7-8-16(13(2)9-12)22-11-15-14(10-20)5-4-6-17(15)23-18(21)19-3/h4-9,20H,10-11H2,1-3H3,(H,19,21). The molecule has 5 nitrogen and oxygen atoms in total. The second-order valence-electron chi connectivity index (χ2n) is 5.25. The molecule has 0 bridgehead atoms. The summed E-state index contributed by atoms with van der Waals surface area (Å²) in [7, 11) is 1.49. The molecular formula is C18H21NO4. The number of rotatable bonds is 5. The highest BCUT2D eigenvalue weighted by molar-refractivity contribution is 5.70. The average molecular weight is 315 g/mol. The third kappa shape index (κ3) is 4.23. The quantitative estimate of drug-likeness (QED) is 0.889. The highest BCUT2D eigenvalue weighted by Crippen LogP contribution is 2.26. The van der Waals surface area contributed by atoms with Crippen LogP contribution in [0.25, 0.3) is 0 Å². The van der Waals surface area contributed by atoms with E-state index in [0.29, 0.717) is 16.9 Å². The van der Waals surface area contributed by atoms with Crippen LogP contribution in [0.1, 0.15) is 22.3 Å². The maximum Gasteiger partial charge on any atom is 0.412 e. The zero-order valence-electron chi connectivity index (χ0n) is 13.6. The van der Waals surface area contributed by atoms with Gasteiger partial charge in [-0.2, -0.15) is 0 Å². The summed E-state index contributed by atoms with van der Waals surface area (Å²) in [6.07, 6.45) is -0.562. The van der Waals surface area contributed by atoms with E-state index in [0.717, 1.165) is 16.9 Å². The summed E-state index contributed by atoms with van der Waals surface area (Å²) in [5.74, 6) is 1.13. The lowest BCUT2D eigenvalue weighted by atomic mass is 10.1. The molecular weight excluding hydrogens is 294 g/mol. The predicted molar refractivity (Wildman–Crippen MR) is 87.7 cm³/mol. The molecule has 0 saturated heterocycles. The molecule has 2 aromatic carbocycles. The minimum atomic E-state index is -0.562. The van der Waals surface area contributed by atoms with Crippen LogP contribution in [0.2, 0.25) is 0 Å². The molecule has 1 amide bonds. The number of benzene rings is 2. The largest absolute Gasteiger partial charge is 0.488 e. The van der Waals surface area contributed by atoms with Crippen molar-refractivity contribution in [3.8, 4) is 11.5 Å². The molecule has 0 aliphatic heterocycles. The molecule has 0 fully saturated rings. The van der Waals surface area contributed by atoms with Gasteiger partial charge in [0.05, 0.1) is 6.61 Å². The molecule has 0 aromatic heterocycles. The van der Waals surface area contributed by atoms with Crippen LogP contribution in [0.4, 0.5) is 4.79 Å². The van der Waals surface area contributed by atoms with E-state index >= 15 is 0 Å². The van der Waals surface area contributed by atoms with Crippen molar-refractivity contribution in [2.75, 3.05) is 7.05 Å². The first-order chi connectivity index (χ1) is 11.0. The summed E-state index contributed by atoms with van der Waals surface area (Å²) in [4.78, 5) is 11.5. The normalized spacial score (nSPS) is 10.3. The second-order valence-corrected chi connectivity index (χ2v) is 5.25. The van der Waals surface area contributed by atoms with E-state index in [9.17, 15) is 9.90 Å². The second kappa shape index (κ2) is 7.65. The zero-order valence-corrected chi connectivity index (χ0v) is 13.6. The summed E-state index contributed by atoms with van der Waals surface area (Å²) in [5.41, 5.74) is 3.50. The third-order valence-electron chi connectivity index (χ3n) is 3.51. The van der Waals surface area contributed by atoms with Crippen molar-refractivity contribution in [2.24, 2.45) is 0 Å². The van der Waals surface area contributed by atoms with Crippen LogP contribution < -0.4 is 14.8 Å². The molecule has 2 rings (SSSR count). The lowest BCUT2D eigenvalue weighted by Crippen LogP contribution is -2.23. The maximum atomic E-state index is 11.5. The van der Waals surface area contributed by atoms with Gasteiger partial charge in [0, 0.05) is 12.6 Å². The molecule has 0 aliphatic rings. The number of carbonyl (C=O) groups is 1. The number of nitrogens with one attached hydrogen (secondary N) is 1. The Hall–Kier alpha value is -2.53. The van der Waals surface area contributed by atoms with Crippen molar-refractivity contribution in [3.05, 3.63) is 58.7 Å². The van der Waals surface area contributed by atoms with Gasteiger partial charge in [0.2, 0.25) is 0 Å². The fourth-order valence-corrected chi connectivity index (χ4v) is 2.28. The number of carbonyl (C=O) groups excluding carboxylic acids is 1. The van der Waals surface area contributed by atoms with Gasteiger partial charge in [-0.1, -0.05) is 29.8 Å². The molecule has 2 N–H and O–H groups in total. The molecule has 0 saturated carbocycles. The van der Waals surface area contributed by atoms with E-state index in [1.165, 1.54) is 7.05 Å². The molecule has 0 unspecified atom stereocenters. The Morgan fingerprint density at radius 1 is 1.17 bits per heavy atom. The number of amides is 1. The van der Waals surface area contributed by atoms with Crippen molar-refractivity contribution >= 4 is 6.09 Å². The maximum absolute atomic E-state index is 11.5.